The Hall–Kier alpha value is -1.76. The van der Waals surface area contributed by atoms with Crippen LogP contribution in [-0.2, 0) is 13.0 Å². The molecule has 2 atom stereocenters. The molecule has 2 heterocycles. The van der Waals surface area contributed by atoms with Gasteiger partial charge in [0.05, 0.1) is 12.6 Å². The van der Waals surface area contributed by atoms with Gasteiger partial charge in [0.2, 0.25) is 5.89 Å². The highest BCUT2D eigenvalue weighted by atomic mass is 16.5. The number of rotatable bonds is 7. The van der Waals surface area contributed by atoms with Crippen LogP contribution in [0, 0.1) is 0 Å². The molecule has 2 aromatic rings. The summed E-state index contributed by atoms with van der Waals surface area (Å²) in [4.78, 5) is 9.17. The average molecular weight is 344 g/mol. The number of hydrogen-bond donors (Lipinski definition) is 1. The molecule has 136 valence electrons. The van der Waals surface area contributed by atoms with Gasteiger partial charge in [-0.15, -0.1) is 0 Å². The predicted octanol–water partition coefficient (Wildman–Crippen LogP) is 2.26. The summed E-state index contributed by atoms with van der Waals surface area (Å²) in [5.74, 6) is 1.50. The number of piperazine rings is 1. The van der Waals surface area contributed by atoms with E-state index in [0.29, 0.717) is 12.6 Å². The zero-order valence-electron chi connectivity index (χ0n) is 15.1. The number of β-amino-alcohol motifs (C(OH)–C–C–N with tert-alkyl or cyclic N) is 1. The minimum atomic E-state index is -0.441. The van der Waals surface area contributed by atoms with E-state index in [0.717, 1.165) is 56.3 Å². The Labute approximate surface area is 149 Å². The van der Waals surface area contributed by atoms with Crippen LogP contribution in [0.3, 0.4) is 0 Å². The Morgan fingerprint density at radius 3 is 2.80 bits per heavy atom. The third-order valence-electron chi connectivity index (χ3n) is 4.78. The molecule has 3 rings (SSSR count). The molecule has 0 saturated carbocycles. The molecule has 0 aliphatic carbocycles. The Balaban J connectivity index is 1.50. The SMILES string of the molecule is CCCc1nc(CN2CCN(C[C@@H](O)c3ccccc3)[C@H](C)C2)no1. The number of aromatic nitrogens is 2. The first-order valence-electron chi connectivity index (χ1n) is 9.16. The fourth-order valence-corrected chi connectivity index (χ4v) is 3.36. The van der Waals surface area contributed by atoms with Crippen molar-refractivity contribution < 1.29 is 9.63 Å². The number of hydrogen-bond acceptors (Lipinski definition) is 6. The predicted molar refractivity (Wildman–Crippen MR) is 96.0 cm³/mol. The average Bonchev–Trinajstić information content (AvgIpc) is 3.05. The number of aliphatic hydroxyl groups is 1. The lowest BCUT2D eigenvalue weighted by Crippen LogP contribution is -2.52. The minimum Gasteiger partial charge on any atom is -0.387 e. The van der Waals surface area contributed by atoms with Gasteiger partial charge in [-0.25, -0.2) is 0 Å². The van der Waals surface area contributed by atoms with E-state index in [-0.39, 0.29) is 0 Å². The molecule has 1 aliphatic heterocycles. The van der Waals surface area contributed by atoms with Gasteiger partial charge in [-0.2, -0.15) is 4.98 Å². The summed E-state index contributed by atoms with van der Waals surface area (Å²) in [5.41, 5.74) is 0.979. The van der Waals surface area contributed by atoms with Crippen LogP contribution in [0.5, 0.6) is 0 Å². The van der Waals surface area contributed by atoms with Crippen molar-refractivity contribution in [2.45, 2.75) is 45.4 Å². The first-order valence-corrected chi connectivity index (χ1v) is 9.16. The molecular formula is C19H28N4O2. The molecule has 1 aromatic carbocycles. The van der Waals surface area contributed by atoms with E-state index < -0.39 is 6.10 Å². The molecule has 1 aromatic heterocycles. The van der Waals surface area contributed by atoms with Crippen molar-refractivity contribution in [3.63, 3.8) is 0 Å². The molecular weight excluding hydrogens is 316 g/mol. The second-order valence-electron chi connectivity index (χ2n) is 6.86. The monoisotopic (exact) mass is 344 g/mol. The maximum atomic E-state index is 10.5. The first kappa shape index (κ1) is 18.0. The third kappa shape index (κ3) is 4.87. The summed E-state index contributed by atoms with van der Waals surface area (Å²) in [6, 6.07) is 10.3. The van der Waals surface area contributed by atoms with E-state index >= 15 is 0 Å². The molecule has 0 bridgehead atoms. The van der Waals surface area contributed by atoms with Crippen LogP contribution < -0.4 is 0 Å². The third-order valence-corrected chi connectivity index (χ3v) is 4.78. The van der Waals surface area contributed by atoms with Crippen LogP contribution in [0.15, 0.2) is 34.9 Å². The fourth-order valence-electron chi connectivity index (χ4n) is 3.36. The maximum Gasteiger partial charge on any atom is 0.226 e. The molecule has 6 nitrogen and oxygen atoms in total. The van der Waals surface area contributed by atoms with Crippen LogP contribution in [0.1, 0.15) is 43.7 Å². The Morgan fingerprint density at radius 2 is 2.08 bits per heavy atom. The standard InChI is InChI=1S/C19H28N4O2/c1-3-7-19-20-18(21-25-19)14-22-10-11-23(15(2)12-22)13-17(24)16-8-5-4-6-9-16/h4-6,8-9,15,17,24H,3,7,10-14H2,1-2H3/t15-,17-/m1/s1. The molecule has 1 fully saturated rings. The highest BCUT2D eigenvalue weighted by molar-refractivity contribution is 5.17. The summed E-state index contributed by atoms with van der Waals surface area (Å²) in [7, 11) is 0. The normalized spacial score (nSPS) is 20.7. The van der Waals surface area contributed by atoms with E-state index in [9.17, 15) is 5.11 Å². The van der Waals surface area contributed by atoms with Gasteiger partial charge in [0.1, 0.15) is 0 Å². The van der Waals surface area contributed by atoms with Crippen molar-refractivity contribution in [3.05, 3.63) is 47.6 Å². The minimum absolute atomic E-state index is 0.383. The van der Waals surface area contributed by atoms with Gasteiger partial charge in [0.25, 0.3) is 0 Å². The molecule has 6 heteroatoms. The number of nitrogens with zero attached hydrogens (tertiary/aromatic N) is 4. The molecule has 0 radical (unpaired) electrons. The highest BCUT2D eigenvalue weighted by Gasteiger charge is 2.26. The van der Waals surface area contributed by atoms with Crippen molar-refractivity contribution >= 4 is 0 Å². The smallest absolute Gasteiger partial charge is 0.226 e. The molecule has 0 amide bonds. The van der Waals surface area contributed by atoms with Crippen molar-refractivity contribution in [1.82, 2.24) is 19.9 Å². The Bertz CT molecular complexity index is 646. The van der Waals surface area contributed by atoms with Gasteiger partial charge < -0.3 is 9.63 Å². The lowest BCUT2D eigenvalue weighted by molar-refractivity contribution is 0.0351. The lowest BCUT2D eigenvalue weighted by atomic mass is 10.1. The second kappa shape index (κ2) is 8.56. The van der Waals surface area contributed by atoms with Crippen LogP contribution in [0.25, 0.3) is 0 Å². The fraction of sp³-hybridized carbons (Fsp3) is 0.579. The quantitative estimate of drug-likeness (QED) is 0.831. The van der Waals surface area contributed by atoms with Crippen molar-refractivity contribution in [2.75, 3.05) is 26.2 Å². The first-order chi connectivity index (χ1) is 12.2. The van der Waals surface area contributed by atoms with Gasteiger partial charge in [-0.05, 0) is 18.9 Å². The van der Waals surface area contributed by atoms with Crippen molar-refractivity contribution in [3.8, 4) is 0 Å². The van der Waals surface area contributed by atoms with Gasteiger partial charge >= 0.3 is 0 Å². The molecule has 0 unspecified atom stereocenters. The van der Waals surface area contributed by atoms with E-state index in [2.05, 4.69) is 33.8 Å². The van der Waals surface area contributed by atoms with Crippen LogP contribution in [-0.4, -0.2) is 57.3 Å². The molecule has 1 N–H and O–H groups in total. The van der Waals surface area contributed by atoms with Gasteiger partial charge in [-0.1, -0.05) is 42.4 Å². The Kier molecular flexibility index (Phi) is 6.18. The summed E-state index contributed by atoms with van der Waals surface area (Å²) in [6.45, 7) is 8.54. The van der Waals surface area contributed by atoms with Gasteiger partial charge in [-0.3, -0.25) is 9.80 Å². The van der Waals surface area contributed by atoms with Gasteiger partial charge in [0, 0.05) is 38.6 Å². The highest BCUT2D eigenvalue weighted by Crippen LogP contribution is 2.18. The van der Waals surface area contributed by atoms with Crippen LogP contribution in [0.4, 0.5) is 0 Å². The lowest BCUT2D eigenvalue weighted by Gasteiger charge is -2.40. The number of aryl methyl sites for hydroxylation is 1. The van der Waals surface area contributed by atoms with E-state index in [4.69, 9.17) is 4.52 Å². The second-order valence-corrected chi connectivity index (χ2v) is 6.86. The number of aliphatic hydroxyl groups excluding tert-OH is 1. The van der Waals surface area contributed by atoms with Crippen LogP contribution in [0.2, 0.25) is 0 Å². The topological polar surface area (TPSA) is 65.6 Å². The van der Waals surface area contributed by atoms with Crippen molar-refractivity contribution in [2.24, 2.45) is 0 Å². The van der Waals surface area contributed by atoms with Crippen LogP contribution >= 0.6 is 0 Å². The van der Waals surface area contributed by atoms with Gasteiger partial charge in [0.15, 0.2) is 5.82 Å². The van der Waals surface area contributed by atoms with E-state index in [1.165, 1.54) is 0 Å². The summed E-state index contributed by atoms with van der Waals surface area (Å²) >= 11 is 0. The zero-order chi connectivity index (χ0) is 17.6. The van der Waals surface area contributed by atoms with E-state index in [1.807, 2.05) is 30.3 Å². The summed E-state index contributed by atoms with van der Waals surface area (Å²) in [5, 5.41) is 14.5. The summed E-state index contributed by atoms with van der Waals surface area (Å²) < 4.78 is 5.26. The maximum absolute atomic E-state index is 10.5. The molecule has 0 spiro atoms. The zero-order valence-corrected chi connectivity index (χ0v) is 15.1. The van der Waals surface area contributed by atoms with E-state index in [1.54, 1.807) is 0 Å². The number of benzene rings is 1. The van der Waals surface area contributed by atoms with Crippen molar-refractivity contribution in [1.29, 1.82) is 0 Å². The largest absolute Gasteiger partial charge is 0.387 e. The molecule has 1 saturated heterocycles. The molecule has 25 heavy (non-hydrogen) atoms. The summed E-state index contributed by atoms with van der Waals surface area (Å²) in [6.07, 6.45) is 1.42. The Morgan fingerprint density at radius 1 is 1.28 bits per heavy atom. The molecule has 1 aliphatic rings.